The highest BCUT2D eigenvalue weighted by Crippen LogP contribution is 2.40. The smallest absolute Gasteiger partial charge is 0.252 e. The molecule has 0 fully saturated rings. The molecule has 22 heavy (non-hydrogen) atoms. The number of hydrogen-bond donors (Lipinski definition) is 1. The maximum atomic E-state index is 14.2. The lowest BCUT2D eigenvalue weighted by Gasteiger charge is -2.12. The van der Waals surface area contributed by atoms with Crippen molar-refractivity contribution in [3.63, 3.8) is 0 Å². The summed E-state index contributed by atoms with van der Waals surface area (Å²) < 4.78 is 32.9. The van der Waals surface area contributed by atoms with Gasteiger partial charge in [0.05, 0.1) is 18.4 Å². The normalized spacial score (nSPS) is 12.3. The highest BCUT2D eigenvalue weighted by molar-refractivity contribution is 6.01. The summed E-state index contributed by atoms with van der Waals surface area (Å²) in [4.78, 5) is 15.6. The van der Waals surface area contributed by atoms with Crippen molar-refractivity contribution >= 4 is 17.8 Å². The lowest BCUT2D eigenvalue weighted by Crippen LogP contribution is -2.16. The number of amides is 1. The first-order valence-electron chi connectivity index (χ1n) is 6.54. The first-order chi connectivity index (χ1) is 10.5. The maximum Gasteiger partial charge on any atom is 0.252 e. The van der Waals surface area contributed by atoms with E-state index in [1.165, 1.54) is 19.2 Å². The molecule has 3 rings (SSSR count). The summed E-state index contributed by atoms with van der Waals surface area (Å²) in [5, 5.41) is 0. The van der Waals surface area contributed by atoms with Crippen LogP contribution in [0.25, 0.3) is 11.1 Å². The Hall–Kier alpha value is -2.76. The fourth-order valence-electron chi connectivity index (χ4n) is 2.59. The zero-order valence-electron chi connectivity index (χ0n) is 11.7. The predicted octanol–water partition coefficient (Wildman–Crippen LogP) is 3.00. The first kappa shape index (κ1) is 14.2. The van der Waals surface area contributed by atoms with Crippen LogP contribution in [0.4, 0.5) is 14.5 Å². The minimum atomic E-state index is -0.841. The van der Waals surface area contributed by atoms with Crippen molar-refractivity contribution in [1.29, 1.82) is 0 Å². The van der Waals surface area contributed by atoms with Gasteiger partial charge >= 0.3 is 0 Å². The van der Waals surface area contributed by atoms with Gasteiger partial charge in [-0.05, 0) is 29.3 Å². The number of aliphatic imine (C=N–C) groups is 1. The second kappa shape index (κ2) is 5.22. The summed E-state index contributed by atoms with van der Waals surface area (Å²) in [7, 11) is 1.36. The van der Waals surface area contributed by atoms with Gasteiger partial charge in [-0.1, -0.05) is 6.07 Å². The predicted molar refractivity (Wildman–Crippen MR) is 78.7 cm³/mol. The van der Waals surface area contributed by atoms with Crippen LogP contribution in [0, 0.1) is 11.6 Å². The van der Waals surface area contributed by atoms with Crippen molar-refractivity contribution in [3.8, 4) is 16.9 Å². The van der Waals surface area contributed by atoms with Crippen molar-refractivity contribution < 1.29 is 18.3 Å². The number of fused-ring (bicyclic) bond motifs is 1. The molecule has 2 N–H and O–H groups in total. The van der Waals surface area contributed by atoms with E-state index in [4.69, 9.17) is 10.5 Å². The third kappa shape index (κ3) is 2.13. The van der Waals surface area contributed by atoms with E-state index in [0.29, 0.717) is 28.8 Å². The Morgan fingerprint density at radius 1 is 1.27 bits per heavy atom. The first-order valence-corrected chi connectivity index (χ1v) is 6.54. The van der Waals surface area contributed by atoms with Crippen LogP contribution in [-0.2, 0) is 6.42 Å². The average Bonchev–Trinajstić information content (AvgIpc) is 2.94. The van der Waals surface area contributed by atoms with E-state index >= 15 is 0 Å². The fraction of sp³-hybridized carbons (Fsp3) is 0.125. The van der Waals surface area contributed by atoms with Gasteiger partial charge in [0.25, 0.3) is 5.91 Å². The molecule has 0 aliphatic carbocycles. The largest absolute Gasteiger partial charge is 0.494 e. The average molecular weight is 302 g/mol. The van der Waals surface area contributed by atoms with Crippen molar-refractivity contribution in [2.45, 2.75) is 6.42 Å². The van der Waals surface area contributed by atoms with Crippen molar-refractivity contribution in [2.75, 3.05) is 7.11 Å². The number of rotatable bonds is 3. The van der Waals surface area contributed by atoms with Crippen LogP contribution in [0.2, 0.25) is 0 Å². The molecule has 4 nitrogen and oxygen atoms in total. The van der Waals surface area contributed by atoms with E-state index in [1.807, 2.05) is 0 Å². The number of primary amides is 1. The number of ether oxygens (including phenoxy) is 1. The van der Waals surface area contributed by atoms with Gasteiger partial charge in [-0.2, -0.15) is 0 Å². The van der Waals surface area contributed by atoms with E-state index in [-0.39, 0.29) is 11.3 Å². The second-order valence-corrected chi connectivity index (χ2v) is 4.84. The summed E-state index contributed by atoms with van der Waals surface area (Å²) in [6, 6.07) is 5.46. The highest BCUT2D eigenvalue weighted by Gasteiger charge is 2.24. The third-order valence-corrected chi connectivity index (χ3v) is 3.58. The Morgan fingerprint density at radius 2 is 2.05 bits per heavy atom. The molecule has 0 saturated carbocycles. The van der Waals surface area contributed by atoms with Gasteiger partial charge < -0.3 is 10.5 Å². The van der Waals surface area contributed by atoms with Gasteiger partial charge in [0.2, 0.25) is 0 Å². The molecule has 1 heterocycles. The number of hydrogen-bond acceptors (Lipinski definition) is 3. The molecule has 1 aliphatic heterocycles. The molecule has 2 aromatic carbocycles. The van der Waals surface area contributed by atoms with Crippen LogP contribution in [0.15, 0.2) is 29.3 Å². The summed E-state index contributed by atoms with van der Waals surface area (Å²) in [5.74, 6) is -2.04. The highest BCUT2D eigenvalue weighted by atomic mass is 19.1. The van der Waals surface area contributed by atoms with E-state index < -0.39 is 17.5 Å². The van der Waals surface area contributed by atoms with E-state index in [2.05, 4.69) is 4.99 Å². The molecular formula is C16H12F2N2O2. The SMILES string of the molecule is COc1ccc(-c2cc(F)c(C(N)=O)c3c2N=CC3)cc1F. The standard InChI is InChI=1S/C16H12F2N2O2/c1-22-13-3-2-8(6-11(13)17)10-7-12(18)14(16(19)21)9-4-5-20-15(9)10/h2-3,5-7H,4H2,1H3,(H2,19,21). The Bertz CT molecular complexity index is 816. The quantitative estimate of drug-likeness (QED) is 0.947. The number of carbonyl (C=O) groups excluding carboxylic acids is 1. The van der Waals surface area contributed by atoms with Crippen LogP contribution < -0.4 is 10.5 Å². The zero-order chi connectivity index (χ0) is 15.9. The molecule has 0 atom stereocenters. The van der Waals surface area contributed by atoms with E-state index in [9.17, 15) is 13.6 Å². The van der Waals surface area contributed by atoms with Gasteiger partial charge in [-0.3, -0.25) is 9.79 Å². The molecule has 0 unspecified atom stereocenters. The summed E-state index contributed by atoms with van der Waals surface area (Å²) in [6.07, 6.45) is 1.89. The molecule has 0 saturated heterocycles. The number of methoxy groups -OCH3 is 1. The molecule has 0 radical (unpaired) electrons. The number of carbonyl (C=O) groups is 1. The Balaban J connectivity index is 2.22. The Labute approximate surface area is 125 Å². The molecule has 112 valence electrons. The zero-order valence-corrected chi connectivity index (χ0v) is 11.7. The molecule has 0 bridgehead atoms. The van der Waals surface area contributed by atoms with Crippen molar-refractivity contribution in [1.82, 2.24) is 0 Å². The van der Waals surface area contributed by atoms with Gasteiger partial charge in [0.15, 0.2) is 11.6 Å². The Kier molecular flexibility index (Phi) is 3.36. The van der Waals surface area contributed by atoms with E-state index in [1.54, 1.807) is 12.3 Å². The topological polar surface area (TPSA) is 64.7 Å². The third-order valence-electron chi connectivity index (χ3n) is 3.58. The van der Waals surface area contributed by atoms with E-state index in [0.717, 1.165) is 6.07 Å². The van der Waals surface area contributed by atoms with Crippen LogP contribution in [0.3, 0.4) is 0 Å². The molecule has 1 amide bonds. The minimum Gasteiger partial charge on any atom is -0.494 e. The van der Waals surface area contributed by atoms with Gasteiger partial charge in [0, 0.05) is 18.2 Å². The van der Waals surface area contributed by atoms with Gasteiger partial charge in [-0.25, -0.2) is 8.78 Å². The molecule has 1 aliphatic rings. The minimum absolute atomic E-state index is 0.0955. The van der Waals surface area contributed by atoms with Gasteiger partial charge in [0.1, 0.15) is 5.82 Å². The van der Waals surface area contributed by atoms with Crippen LogP contribution in [0.5, 0.6) is 5.75 Å². The van der Waals surface area contributed by atoms with Crippen molar-refractivity contribution in [3.05, 3.63) is 47.0 Å². The van der Waals surface area contributed by atoms with Crippen LogP contribution in [0.1, 0.15) is 15.9 Å². The van der Waals surface area contributed by atoms with Crippen molar-refractivity contribution in [2.24, 2.45) is 10.7 Å². The lowest BCUT2D eigenvalue weighted by molar-refractivity contribution is 0.0996. The fourth-order valence-corrected chi connectivity index (χ4v) is 2.59. The molecule has 2 aromatic rings. The second-order valence-electron chi connectivity index (χ2n) is 4.84. The molecule has 0 spiro atoms. The molecular weight excluding hydrogens is 290 g/mol. The Morgan fingerprint density at radius 3 is 2.68 bits per heavy atom. The van der Waals surface area contributed by atoms with Gasteiger partial charge in [-0.15, -0.1) is 0 Å². The van der Waals surface area contributed by atoms with Crippen LogP contribution >= 0.6 is 0 Å². The van der Waals surface area contributed by atoms with Crippen LogP contribution in [-0.4, -0.2) is 19.2 Å². The summed E-state index contributed by atoms with van der Waals surface area (Å²) >= 11 is 0. The monoisotopic (exact) mass is 302 g/mol. The number of benzene rings is 2. The summed E-state index contributed by atoms with van der Waals surface area (Å²) in [5.41, 5.74) is 6.80. The maximum absolute atomic E-state index is 14.2. The molecule has 6 heteroatoms. The lowest BCUT2D eigenvalue weighted by atomic mass is 9.95. The number of nitrogens with two attached hydrogens (primary N) is 1. The number of nitrogens with zero attached hydrogens (tertiary/aromatic N) is 1. The summed E-state index contributed by atoms with van der Waals surface area (Å²) in [6.45, 7) is 0. The molecule has 0 aromatic heterocycles. The number of halogens is 2.